The van der Waals surface area contributed by atoms with Crippen molar-refractivity contribution in [2.24, 2.45) is 5.92 Å². The molecular formula is C21H24F3N5O2S. The molecule has 2 fully saturated rings. The molecule has 2 aliphatic rings. The van der Waals surface area contributed by atoms with Crippen molar-refractivity contribution in [2.45, 2.75) is 31.9 Å². The van der Waals surface area contributed by atoms with Gasteiger partial charge in [0.1, 0.15) is 0 Å². The molecule has 2 heterocycles. The molecule has 1 saturated carbocycles. The number of halogens is 3. The molecule has 4 rings (SSSR count). The topological polar surface area (TPSA) is 78.4 Å². The molecule has 1 aromatic heterocycles. The van der Waals surface area contributed by atoms with E-state index in [4.69, 9.17) is 0 Å². The number of aromatic nitrogens is 2. The van der Waals surface area contributed by atoms with Gasteiger partial charge in [-0.3, -0.25) is 9.59 Å². The molecule has 1 saturated heterocycles. The largest absolute Gasteiger partial charge is 0.417 e. The molecule has 0 spiro atoms. The van der Waals surface area contributed by atoms with Crippen LogP contribution in [0.5, 0.6) is 0 Å². The van der Waals surface area contributed by atoms with Gasteiger partial charge in [0, 0.05) is 32.7 Å². The summed E-state index contributed by atoms with van der Waals surface area (Å²) < 4.78 is 39.7. The summed E-state index contributed by atoms with van der Waals surface area (Å²) in [6.07, 6.45) is 0.0892. The summed E-state index contributed by atoms with van der Waals surface area (Å²) in [5.41, 5.74) is -1.27. The Morgan fingerprint density at radius 3 is 2.50 bits per heavy atom. The molecule has 172 valence electrons. The van der Waals surface area contributed by atoms with Crippen molar-refractivity contribution in [1.82, 2.24) is 20.4 Å². The van der Waals surface area contributed by atoms with E-state index in [1.54, 1.807) is 0 Å². The summed E-state index contributed by atoms with van der Waals surface area (Å²) in [6, 6.07) is 4.83. The second kappa shape index (κ2) is 9.43. The van der Waals surface area contributed by atoms with E-state index in [0.717, 1.165) is 24.8 Å². The van der Waals surface area contributed by atoms with E-state index in [2.05, 4.69) is 15.5 Å². The number of piperazine rings is 1. The third-order valence-electron chi connectivity index (χ3n) is 5.68. The van der Waals surface area contributed by atoms with Crippen LogP contribution >= 0.6 is 11.3 Å². The van der Waals surface area contributed by atoms with Crippen LogP contribution in [0.15, 0.2) is 24.3 Å². The number of benzene rings is 1. The molecule has 0 unspecified atom stereocenters. The number of nitrogens with one attached hydrogen (secondary N) is 1. The first-order chi connectivity index (χ1) is 15.3. The number of carbonyl (C=O) groups excluding carboxylic acids is 2. The number of alkyl halides is 3. The zero-order chi connectivity index (χ0) is 22.7. The third kappa shape index (κ3) is 5.37. The highest BCUT2D eigenvalue weighted by molar-refractivity contribution is 7.17. The quantitative estimate of drug-likeness (QED) is 0.632. The summed E-state index contributed by atoms with van der Waals surface area (Å²) >= 11 is 1.18. The molecule has 32 heavy (non-hydrogen) atoms. The number of amides is 2. The summed E-state index contributed by atoms with van der Waals surface area (Å²) in [4.78, 5) is 28.3. The van der Waals surface area contributed by atoms with Crippen LogP contribution in [0.25, 0.3) is 0 Å². The first-order valence-electron chi connectivity index (χ1n) is 10.6. The Hall–Kier alpha value is -2.69. The fourth-order valence-corrected chi connectivity index (χ4v) is 4.51. The van der Waals surface area contributed by atoms with Crippen LogP contribution in [0, 0.1) is 5.92 Å². The van der Waals surface area contributed by atoms with E-state index in [9.17, 15) is 22.8 Å². The maximum atomic E-state index is 13.2. The van der Waals surface area contributed by atoms with Crippen LogP contribution in [-0.4, -0.2) is 59.6 Å². The minimum Gasteiger partial charge on any atom is -0.350 e. The fraction of sp³-hybridized carbons (Fsp3) is 0.524. The lowest BCUT2D eigenvalue weighted by molar-refractivity contribution is -0.138. The SMILES string of the molecule is O=C(NCCCC1CC1)c1nnc(N2CCN(C(=O)c3ccccc3C(F)(F)F)CC2)s1. The Balaban J connectivity index is 1.30. The Labute approximate surface area is 187 Å². The monoisotopic (exact) mass is 467 g/mol. The van der Waals surface area contributed by atoms with Gasteiger partial charge in [-0.05, 0) is 30.9 Å². The van der Waals surface area contributed by atoms with Crippen molar-refractivity contribution in [2.75, 3.05) is 37.6 Å². The zero-order valence-corrected chi connectivity index (χ0v) is 18.2. The second-order valence-corrected chi connectivity index (χ2v) is 9.01. The normalized spacial score (nSPS) is 16.8. The van der Waals surface area contributed by atoms with Crippen LogP contribution in [-0.2, 0) is 6.18 Å². The van der Waals surface area contributed by atoms with E-state index in [1.165, 1.54) is 47.3 Å². The van der Waals surface area contributed by atoms with Gasteiger partial charge in [-0.2, -0.15) is 13.2 Å². The van der Waals surface area contributed by atoms with Crippen LogP contribution in [0.1, 0.15) is 51.4 Å². The summed E-state index contributed by atoms with van der Waals surface area (Å²) in [6.45, 7) is 1.93. The predicted octanol–water partition coefficient (Wildman–Crippen LogP) is 3.44. The molecular weight excluding hydrogens is 443 g/mol. The van der Waals surface area contributed by atoms with Crippen molar-refractivity contribution >= 4 is 28.3 Å². The van der Waals surface area contributed by atoms with Crippen molar-refractivity contribution in [3.63, 3.8) is 0 Å². The molecule has 0 radical (unpaired) electrons. The number of rotatable bonds is 7. The molecule has 1 aliphatic heterocycles. The van der Waals surface area contributed by atoms with Gasteiger partial charge in [-0.15, -0.1) is 10.2 Å². The molecule has 7 nitrogen and oxygen atoms in total. The minimum absolute atomic E-state index is 0.248. The lowest BCUT2D eigenvalue weighted by Gasteiger charge is -2.34. The van der Waals surface area contributed by atoms with E-state index in [1.807, 2.05) is 4.90 Å². The first-order valence-corrected chi connectivity index (χ1v) is 11.5. The molecule has 0 bridgehead atoms. The Morgan fingerprint density at radius 1 is 1.09 bits per heavy atom. The Kier molecular flexibility index (Phi) is 6.63. The average Bonchev–Trinajstić information content (AvgIpc) is 3.48. The first kappa shape index (κ1) is 22.5. The number of nitrogens with zero attached hydrogens (tertiary/aromatic N) is 4. The Morgan fingerprint density at radius 2 is 1.81 bits per heavy atom. The number of anilines is 1. The maximum absolute atomic E-state index is 13.2. The van der Waals surface area contributed by atoms with Gasteiger partial charge in [0.05, 0.1) is 11.1 Å². The van der Waals surface area contributed by atoms with E-state index in [0.29, 0.717) is 24.8 Å². The van der Waals surface area contributed by atoms with Gasteiger partial charge in [-0.1, -0.05) is 36.3 Å². The molecule has 1 aliphatic carbocycles. The van der Waals surface area contributed by atoms with Gasteiger partial charge in [0.15, 0.2) is 0 Å². The highest BCUT2D eigenvalue weighted by atomic mass is 32.1. The fourth-order valence-electron chi connectivity index (χ4n) is 3.70. The molecule has 2 aromatic rings. The van der Waals surface area contributed by atoms with E-state index < -0.39 is 17.6 Å². The molecule has 2 amide bonds. The van der Waals surface area contributed by atoms with Crippen molar-refractivity contribution < 1.29 is 22.8 Å². The van der Waals surface area contributed by atoms with Crippen LogP contribution in [0.2, 0.25) is 0 Å². The summed E-state index contributed by atoms with van der Waals surface area (Å²) in [5, 5.41) is 11.8. The smallest absolute Gasteiger partial charge is 0.350 e. The van der Waals surface area contributed by atoms with Crippen LogP contribution in [0.3, 0.4) is 0 Å². The van der Waals surface area contributed by atoms with Crippen LogP contribution in [0.4, 0.5) is 18.3 Å². The Bertz CT molecular complexity index is 968. The van der Waals surface area contributed by atoms with Crippen LogP contribution < -0.4 is 10.2 Å². The highest BCUT2D eigenvalue weighted by Crippen LogP contribution is 2.33. The van der Waals surface area contributed by atoms with Gasteiger partial charge in [-0.25, -0.2) is 0 Å². The molecule has 1 aromatic carbocycles. The highest BCUT2D eigenvalue weighted by Gasteiger charge is 2.36. The van der Waals surface area contributed by atoms with Gasteiger partial charge >= 0.3 is 6.18 Å². The lowest BCUT2D eigenvalue weighted by Crippen LogP contribution is -2.49. The van der Waals surface area contributed by atoms with Crippen molar-refractivity contribution in [3.8, 4) is 0 Å². The summed E-state index contributed by atoms with van der Waals surface area (Å²) in [5.74, 6) is -0.0595. The number of carbonyl (C=O) groups is 2. The number of hydrogen-bond acceptors (Lipinski definition) is 6. The van der Waals surface area contributed by atoms with Crippen molar-refractivity contribution in [3.05, 3.63) is 40.4 Å². The van der Waals surface area contributed by atoms with Gasteiger partial charge in [0.2, 0.25) is 10.1 Å². The van der Waals surface area contributed by atoms with E-state index >= 15 is 0 Å². The zero-order valence-electron chi connectivity index (χ0n) is 17.4. The molecule has 11 heteroatoms. The summed E-state index contributed by atoms with van der Waals surface area (Å²) in [7, 11) is 0. The molecule has 0 atom stereocenters. The number of hydrogen-bond donors (Lipinski definition) is 1. The standard InChI is InChI=1S/C21H24F3N5O2S/c22-21(23,24)16-6-2-1-5-15(16)19(31)28-10-12-29(13-11-28)20-27-26-18(32-20)17(30)25-9-3-4-14-7-8-14/h1-2,5-6,14H,3-4,7-13H2,(H,25,30). The molecule has 1 N–H and O–H groups in total. The maximum Gasteiger partial charge on any atom is 0.417 e. The van der Waals surface area contributed by atoms with E-state index in [-0.39, 0.29) is 29.6 Å². The third-order valence-corrected chi connectivity index (χ3v) is 6.66. The second-order valence-electron chi connectivity index (χ2n) is 8.05. The average molecular weight is 468 g/mol. The van der Waals surface area contributed by atoms with Crippen molar-refractivity contribution in [1.29, 1.82) is 0 Å². The van der Waals surface area contributed by atoms with Gasteiger partial charge < -0.3 is 15.1 Å². The lowest BCUT2D eigenvalue weighted by atomic mass is 10.1. The predicted molar refractivity (Wildman–Crippen MR) is 114 cm³/mol. The minimum atomic E-state index is -4.59. The van der Waals surface area contributed by atoms with Gasteiger partial charge in [0.25, 0.3) is 11.8 Å².